The molecule has 5 heteroatoms. The summed E-state index contributed by atoms with van der Waals surface area (Å²) in [7, 11) is 0. The molecule has 5 nitrogen and oxygen atoms in total. The molecular formula is C13H27N3O2. The molecule has 0 bridgehead atoms. The van der Waals surface area contributed by atoms with Crippen molar-refractivity contribution in [1.82, 2.24) is 10.2 Å². The van der Waals surface area contributed by atoms with Crippen LogP contribution in [0.15, 0.2) is 0 Å². The van der Waals surface area contributed by atoms with E-state index in [2.05, 4.69) is 24.1 Å². The molecule has 4 atom stereocenters. The van der Waals surface area contributed by atoms with Crippen molar-refractivity contribution in [2.24, 2.45) is 5.73 Å². The molecule has 106 valence electrons. The van der Waals surface area contributed by atoms with Gasteiger partial charge in [0.25, 0.3) is 0 Å². The van der Waals surface area contributed by atoms with E-state index in [1.807, 2.05) is 13.8 Å². The molecule has 1 rings (SSSR count). The molecule has 0 aromatic heterocycles. The van der Waals surface area contributed by atoms with Crippen molar-refractivity contribution in [2.75, 3.05) is 19.7 Å². The van der Waals surface area contributed by atoms with Crippen LogP contribution in [-0.2, 0) is 9.53 Å². The molecule has 0 aromatic rings. The largest absolute Gasteiger partial charge is 0.374 e. The Bertz CT molecular complexity index is 273. The van der Waals surface area contributed by atoms with Crippen LogP contribution in [0.2, 0.25) is 0 Å². The fourth-order valence-electron chi connectivity index (χ4n) is 2.14. The minimum Gasteiger partial charge on any atom is -0.374 e. The van der Waals surface area contributed by atoms with E-state index in [0.717, 1.165) is 13.0 Å². The molecule has 1 aliphatic heterocycles. The third-order valence-electron chi connectivity index (χ3n) is 3.69. The Morgan fingerprint density at radius 3 is 2.78 bits per heavy atom. The van der Waals surface area contributed by atoms with E-state index in [9.17, 15) is 4.79 Å². The van der Waals surface area contributed by atoms with E-state index in [-0.39, 0.29) is 30.1 Å². The number of carbonyl (C=O) groups excluding carboxylic acids is 1. The first-order chi connectivity index (χ1) is 8.49. The van der Waals surface area contributed by atoms with Crippen molar-refractivity contribution in [1.29, 1.82) is 0 Å². The third-order valence-corrected chi connectivity index (χ3v) is 3.69. The van der Waals surface area contributed by atoms with Gasteiger partial charge in [0, 0.05) is 25.2 Å². The Morgan fingerprint density at radius 1 is 1.56 bits per heavy atom. The summed E-state index contributed by atoms with van der Waals surface area (Å²) in [6.45, 7) is 10.00. The van der Waals surface area contributed by atoms with Gasteiger partial charge in [0.1, 0.15) is 0 Å². The molecule has 3 N–H and O–H groups in total. The van der Waals surface area contributed by atoms with Gasteiger partial charge in [-0.1, -0.05) is 6.92 Å². The second kappa shape index (κ2) is 7.07. The highest BCUT2D eigenvalue weighted by molar-refractivity contribution is 5.81. The summed E-state index contributed by atoms with van der Waals surface area (Å²) in [5, 5.41) is 3.03. The highest BCUT2D eigenvalue weighted by Gasteiger charge is 2.32. The Hall–Kier alpha value is -0.650. The molecule has 4 unspecified atom stereocenters. The highest BCUT2D eigenvalue weighted by atomic mass is 16.5. The van der Waals surface area contributed by atoms with Gasteiger partial charge in [-0.25, -0.2) is 0 Å². The number of hydrogen-bond acceptors (Lipinski definition) is 4. The molecular weight excluding hydrogens is 230 g/mol. The zero-order valence-corrected chi connectivity index (χ0v) is 12.0. The average molecular weight is 257 g/mol. The summed E-state index contributed by atoms with van der Waals surface area (Å²) < 4.78 is 5.60. The first-order valence-electron chi connectivity index (χ1n) is 6.87. The number of ether oxygens (including phenoxy) is 1. The fraction of sp³-hybridized carbons (Fsp3) is 0.923. The number of amides is 1. The lowest BCUT2D eigenvalue weighted by Crippen LogP contribution is -2.58. The van der Waals surface area contributed by atoms with E-state index in [1.165, 1.54) is 0 Å². The number of nitrogens with two attached hydrogens (primary N) is 1. The van der Waals surface area contributed by atoms with Crippen LogP contribution in [-0.4, -0.2) is 54.7 Å². The van der Waals surface area contributed by atoms with E-state index < -0.39 is 0 Å². The molecule has 18 heavy (non-hydrogen) atoms. The first-order valence-corrected chi connectivity index (χ1v) is 6.87. The third kappa shape index (κ3) is 3.93. The maximum atomic E-state index is 12.1. The summed E-state index contributed by atoms with van der Waals surface area (Å²) in [5.41, 5.74) is 5.64. The average Bonchev–Trinajstić information content (AvgIpc) is 2.38. The predicted molar refractivity (Wildman–Crippen MR) is 72.3 cm³/mol. The zero-order chi connectivity index (χ0) is 13.7. The monoisotopic (exact) mass is 257 g/mol. The Balaban J connectivity index is 2.57. The predicted octanol–water partition coefficient (Wildman–Crippen LogP) is 0.338. The smallest absolute Gasteiger partial charge is 0.237 e. The van der Waals surface area contributed by atoms with E-state index >= 15 is 0 Å². The van der Waals surface area contributed by atoms with Crippen molar-refractivity contribution < 1.29 is 9.53 Å². The molecule has 1 saturated heterocycles. The van der Waals surface area contributed by atoms with Crippen LogP contribution in [0.5, 0.6) is 0 Å². The SMILES string of the molecule is CCC(C)NC(=O)C(C)N1CC(CN)OCC1C. The lowest BCUT2D eigenvalue weighted by atomic mass is 10.1. The Labute approximate surface area is 110 Å². The van der Waals surface area contributed by atoms with E-state index in [0.29, 0.717) is 13.2 Å². The second-order valence-electron chi connectivity index (χ2n) is 5.23. The van der Waals surface area contributed by atoms with Crippen molar-refractivity contribution in [3.8, 4) is 0 Å². The molecule has 0 aromatic carbocycles. The van der Waals surface area contributed by atoms with Crippen molar-refractivity contribution >= 4 is 5.91 Å². The zero-order valence-electron chi connectivity index (χ0n) is 12.0. The molecule has 0 spiro atoms. The standard InChI is InChI=1S/C13H27N3O2/c1-5-9(2)15-13(17)11(4)16-7-12(6-14)18-8-10(16)3/h9-12H,5-8,14H2,1-4H3,(H,15,17). The summed E-state index contributed by atoms with van der Waals surface area (Å²) in [4.78, 5) is 14.3. The number of rotatable bonds is 5. The first kappa shape index (κ1) is 15.4. The normalized spacial score (nSPS) is 28.7. The quantitative estimate of drug-likeness (QED) is 0.745. The molecule has 1 fully saturated rings. The fourth-order valence-corrected chi connectivity index (χ4v) is 2.14. The van der Waals surface area contributed by atoms with Crippen molar-refractivity contribution in [3.05, 3.63) is 0 Å². The van der Waals surface area contributed by atoms with Gasteiger partial charge >= 0.3 is 0 Å². The molecule has 0 aliphatic carbocycles. The maximum absolute atomic E-state index is 12.1. The number of morpholine rings is 1. The molecule has 0 saturated carbocycles. The van der Waals surface area contributed by atoms with Crippen LogP contribution < -0.4 is 11.1 Å². The number of carbonyl (C=O) groups is 1. The molecule has 1 amide bonds. The van der Waals surface area contributed by atoms with Crippen LogP contribution in [0.1, 0.15) is 34.1 Å². The summed E-state index contributed by atoms with van der Waals surface area (Å²) in [6.07, 6.45) is 0.989. The van der Waals surface area contributed by atoms with Crippen molar-refractivity contribution in [2.45, 2.75) is 58.3 Å². The van der Waals surface area contributed by atoms with Crippen LogP contribution in [0.25, 0.3) is 0 Å². The van der Waals surface area contributed by atoms with Gasteiger partial charge in [-0.05, 0) is 27.2 Å². The van der Waals surface area contributed by atoms with Crippen LogP contribution >= 0.6 is 0 Å². The molecule has 0 radical (unpaired) electrons. The highest BCUT2D eigenvalue weighted by Crippen LogP contribution is 2.15. The summed E-state index contributed by atoms with van der Waals surface area (Å²) in [6, 6.07) is 0.346. The van der Waals surface area contributed by atoms with Gasteiger partial charge < -0.3 is 15.8 Å². The Morgan fingerprint density at radius 2 is 2.22 bits per heavy atom. The lowest BCUT2D eigenvalue weighted by molar-refractivity contribution is -0.132. The van der Waals surface area contributed by atoms with Crippen LogP contribution in [0, 0.1) is 0 Å². The van der Waals surface area contributed by atoms with Gasteiger partial charge in [-0.3, -0.25) is 9.69 Å². The lowest BCUT2D eigenvalue weighted by Gasteiger charge is -2.40. The van der Waals surface area contributed by atoms with Gasteiger partial charge in [-0.2, -0.15) is 0 Å². The Kier molecular flexibility index (Phi) is 6.05. The van der Waals surface area contributed by atoms with Gasteiger partial charge in [0.2, 0.25) is 5.91 Å². The minimum atomic E-state index is -0.132. The second-order valence-corrected chi connectivity index (χ2v) is 5.23. The van der Waals surface area contributed by atoms with Gasteiger partial charge in [0.15, 0.2) is 0 Å². The molecule has 1 heterocycles. The number of hydrogen-bond donors (Lipinski definition) is 2. The van der Waals surface area contributed by atoms with E-state index in [1.54, 1.807) is 0 Å². The van der Waals surface area contributed by atoms with Crippen molar-refractivity contribution in [3.63, 3.8) is 0 Å². The van der Waals surface area contributed by atoms with Crippen LogP contribution in [0.4, 0.5) is 0 Å². The molecule has 1 aliphatic rings. The summed E-state index contributed by atoms with van der Waals surface area (Å²) >= 11 is 0. The topological polar surface area (TPSA) is 67.6 Å². The van der Waals surface area contributed by atoms with E-state index in [4.69, 9.17) is 10.5 Å². The summed E-state index contributed by atoms with van der Waals surface area (Å²) in [5.74, 6) is 0.0915. The van der Waals surface area contributed by atoms with Gasteiger partial charge in [-0.15, -0.1) is 0 Å². The maximum Gasteiger partial charge on any atom is 0.237 e. The van der Waals surface area contributed by atoms with Crippen LogP contribution in [0.3, 0.4) is 0 Å². The number of nitrogens with one attached hydrogen (secondary N) is 1. The minimum absolute atomic E-state index is 0.0417. The van der Waals surface area contributed by atoms with Gasteiger partial charge in [0.05, 0.1) is 18.8 Å². The number of nitrogens with zero attached hydrogens (tertiary/aromatic N) is 1.